The van der Waals surface area contributed by atoms with Crippen molar-refractivity contribution in [3.8, 4) is 0 Å². The first-order chi connectivity index (χ1) is 5.83. The van der Waals surface area contributed by atoms with Crippen molar-refractivity contribution in [3.05, 3.63) is 33.5 Å². The molecule has 0 aliphatic heterocycles. The Morgan fingerprint density at radius 1 is 1.42 bits per heavy atom. The predicted octanol–water partition coefficient (Wildman–Crippen LogP) is 2.58. The molecule has 1 aromatic heterocycles. The van der Waals surface area contributed by atoms with Crippen molar-refractivity contribution in [2.75, 3.05) is 0 Å². The van der Waals surface area contributed by atoms with Gasteiger partial charge in [-0.15, -0.1) is 0 Å². The Balaban J connectivity index is 2.93. The molecule has 2 nitrogen and oxygen atoms in total. The highest BCUT2D eigenvalue weighted by Crippen LogP contribution is 2.22. The summed E-state index contributed by atoms with van der Waals surface area (Å²) in [6, 6.07) is 5.66. The maximum absolute atomic E-state index is 10.7. The molecule has 0 saturated carbocycles. The van der Waals surface area contributed by atoms with Gasteiger partial charge >= 0.3 is 0 Å². The molecule has 0 unspecified atom stereocenters. The summed E-state index contributed by atoms with van der Waals surface area (Å²) < 4.78 is 1.09. The highest BCUT2D eigenvalue weighted by molar-refractivity contribution is 14.1. The van der Waals surface area contributed by atoms with Crippen molar-refractivity contribution in [3.63, 3.8) is 0 Å². The third-order valence-electron chi connectivity index (χ3n) is 1.82. The van der Waals surface area contributed by atoms with Crippen LogP contribution in [0.3, 0.4) is 0 Å². The van der Waals surface area contributed by atoms with Gasteiger partial charge in [-0.2, -0.15) is 0 Å². The van der Waals surface area contributed by atoms with Crippen molar-refractivity contribution >= 4 is 39.8 Å². The van der Waals surface area contributed by atoms with Crippen molar-refractivity contribution < 1.29 is 4.79 Å². The van der Waals surface area contributed by atoms with Crippen molar-refractivity contribution in [1.29, 1.82) is 0 Å². The number of halogens is 1. The summed E-state index contributed by atoms with van der Waals surface area (Å²) in [6.45, 7) is 0. The summed E-state index contributed by atoms with van der Waals surface area (Å²) in [5.74, 6) is 0. The average molecular weight is 271 g/mol. The quantitative estimate of drug-likeness (QED) is 0.627. The van der Waals surface area contributed by atoms with Crippen LogP contribution in [0.4, 0.5) is 0 Å². The van der Waals surface area contributed by atoms with Crippen molar-refractivity contribution in [2.45, 2.75) is 0 Å². The van der Waals surface area contributed by atoms with Crippen LogP contribution in [0.5, 0.6) is 0 Å². The summed E-state index contributed by atoms with van der Waals surface area (Å²) in [4.78, 5) is 13.7. The Labute approximate surface area is 83.1 Å². The molecule has 60 valence electrons. The molecule has 1 aromatic carbocycles. The van der Waals surface area contributed by atoms with E-state index in [9.17, 15) is 4.79 Å². The van der Waals surface area contributed by atoms with Gasteiger partial charge in [-0.05, 0) is 28.7 Å². The summed E-state index contributed by atoms with van der Waals surface area (Å²) in [6.07, 6.45) is 2.79. The molecule has 1 N–H and O–H groups in total. The van der Waals surface area contributed by atoms with Crippen LogP contribution in [0.15, 0.2) is 24.4 Å². The minimum Gasteiger partial charge on any atom is -0.360 e. The molecule has 2 rings (SSSR count). The normalized spacial score (nSPS) is 10.4. The van der Waals surface area contributed by atoms with Gasteiger partial charge in [-0.1, -0.05) is 12.1 Å². The molecule has 0 bridgehead atoms. The van der Waals surface area contributed by atoms with E-state index in [4.69, 9.17) is 0 Å². The van der Waals surface area contributed by atoms with Gasteiger partial charge in [-0.3, -0.25) is 4.79 Å². The fraction of sp³-hybridized carbons (Fsp3) is 0. The highest BCUT2D eigenvalue weighted by Gasteiger charge is 2.04. The van der Waals surface area contributed by atoms with Crippen molar-refractivity contribution in [2.24, 2.45) is 0 Å². The molecule has 2 aromatic rings. The molecule has 0 atom stereocenters. The first kappa shape index (κ1) is 7.79. The maximum Gasteiger partial charge on any atom is 0.150 e. The van der Waals surface area contributed by atoms with Gasteiger partial charge in [0, 0.05) is 26.2 Å². The molecule has 0 radical (unpaired) electrons. The third-order valence-corrected chi connectivity index (χ3v) is 2.67. The van der Waals surface area contributed by atoms with Gasteiger partial charge in [0.2, 0.25) is 0 Å². The zero-order valence-corrected chi connectivity index (χ0v) is 8.33. The lowest BCUT2D eigenvalue weighted by Gasteiger charge is -1.93. The van der Waals surface area contributed by atoms with Crippen LogP contribution < -0.4 is 0 Å². The van der Waals surface area contributed by atoms with Crippen LogP contribution in [-0.4, -0.2) is 11.3 Å². The number of aldehydes is 1. The fourth-order valence-corrected chi connectivity index (χ4v) is 2.03. The van der Waals surface area contributed by atoms with E-state index in [0.717, 1.165) is 26.3 Å². The molecular weight excluding hydrogens is 265 g/mol. The van der Waals surface area contributed by atoms with Gasteiger partial charge in [0.1, 0.15) is 0 Å². The van der Waals surface area contributed by atoms with Crippen LogP contribution in [0.25, 0.3) is 10.9 Å². The van der Waals surface area contributed by atoms with Gasteiger partial charge < -0.3 is 4.98 Å². The maximum atomic E-state index is 10.7. The highest BCUT2D eigenvalue weighted by atomic mass is 127. The molecule has 1 heterocycles. The molecular formula is C9H6INO. The monoisotopic (exact) mass is 271 g/mol. The van der Waals surface area contributed by atoms with E-state index in [0.29, 0.717) is 0 Å². The number of rotatable bonds is 1. The van der Waals surface area contributed by atoms with E-state index in [1.54, 1.807) is 0 Å². The lowest BCUT2D eigenvalue weighted by atomic mass is 10.1. The summed E-state index contributed by atoms with van der Waals surface area (Å²) in [5.41, 5.74) is 1.77. The first-order valence-electron chi connectivity index (χ1n) is 3.53. The standard InChI is InChI=1S/C9H6INO/c10-7-4-11-8-3-1-2-6(5-12)9(7)8/h1-5,11H. The predicted molar refractivity (Wildman–Crippen MR) is 56.4 cm³/mol. The molecule has 0 aliphatic carbocycles. The Hall–Kier alpha value is -0.840. The number of carbonyl (C=O) groups is 1. The van der Waals surface area contributed by atoms with Crippen LogP contribution in [0.2, 0.25) is 0 Å². The number of nitrogens with one attached hydrogen (secondary N) is 1. The first-order valence-corrected chi connectivity index (χ1v) is 4.61. The summed E-state index contributed by atoms with van der Waals surface area (Å²) >= 11 is 2.21. The van der Waals surface area contributed by atoms with Crippen LogP contribution >= 0.6 is 22.6 Å². The SMILES string of the molecule is O=Cc1cccc2[nH]cc(I)c12. The lowest BCUT2D eigenvalue weighted by molar-refractivity contribution is 0.112. The van der Waals surface area contributed by atoms with Crippen molar-refractivity contribution in [1.82, 2.24) is 4.98 Å². The van der Waals surface area contributed by atoms with Gasteiger partial charge in [0.25, 0.3) is 0 Å². The second kappa shape index (κ2) is 2.90. The molecule has 0 saturated heterocycles. The Kier molecular flexibility index (Phi) is 1.88. The second-order valence-corrected chi connectivity index (χ2v) is 3.69. The number of benzene rings is 1. The summed E-state index contributed by atoms with van der Waals surface area (Å²) in [7, 11) is 0. The van der Waals surface area contributed by atoms with Gasteiger partial charge in [0.05, 0.1) is 0 Å². The van der Waals surface area contributed by atoms with E-state index in [1.807, 2.05) is 24.4 Å². The molecule has 3 heteroatoms. The average Bonchev–Trinajstić information content (AvgIpc) is 2.48. The zero-order chi connectivity index (χ0) is 8.55. The van der Waals surface area contributed by atoms with E-state index < -0.39 is 0 Å². The Bertz CT molecular complexity index is 433. The number of carbonyl (C=O) groups excluding carboxylic acids is 1. The van der Waals surface area contributed by atoms with Gasteiger partial charge in [0.15, 0.2) is 6.29 Å². The molecule has 0 amide bonds. The molecule has 0 fully saturated rings. The van der Waals surface area contributed by atoms with E-state index in [-0.39, 0.29) is 0 Å². The van der Waals surface area contributed by atoms with E-state index in [2.05, 4.69) is 27.6 Å². The third kappa shape index (κ3) is 1.04. The smallest absolute Gasteiger partial charge is 0.150 e. The Morgan fingerprint density at radius 2 is 2.25 bits per heavy atom. The number of hydrogen-bond acceptors (Lipinski definition) is 1. The number of aromatic amines is 1. The minimum atomic E-state index is 0.748. The molecule has 0 spiro atoms. The lowest BCUT2D eigenvalue weighted by Crippen LogP contribution is -1.80. The summed E-state index contributed by atoms with van der Waals surface area (Å²) in [5, 5.41) is 1.02. The largest absolute Gasteiger partial charge is 0.360 e. The molecule has 12 heavy (non-hydrogen) atoms. The van der Waals surface area contributed by atoms with E-state index in [1.165, 1.54) is 0 Å². The minimum absolute atomic E-state index is 0.748. The zero-order valence-electron chi connectivity index (χ0n) is 6.17. The fourth-order valence-electron chi connectivity index (χ4n) is 1.27. The number of hydrogen-bond donors (Lipinski definition) is 1. The van der Waals surface area contributed by atoms with Crippen LogP contribution in [0, 0.1) is 3.57 Å². The van der Waals surface area contributed by atoms with Gasteiger partial charge in [-0.25, -0.2) is 0 Å². The van der Waals surface area contributed by atoms with Crippen LogP contribution in [0.1, 0.15) is 10.4 Å². The van der Waals surface area contributed by atoms with E-state index >= 15 is 0 Å². The van der Waals surface area contributed by atoms with Crippen LogP contribution in [-0.2, 0) is 0 Å². The number of aromatic nitrogens is 1. The number of H-pyrrole nitrogens is 1. The topological polar surface area (TPSA) is 32.9 Å². The second-order valence-electron chi connectivity index (χ2n) is 2.52. The number of fused-ring (bicyclic) bond motifs is 1. The Morgan fingerprint density at radius 3 is 3.00 bits per heavy atom. The molecule has 0 aliphatic rings.